The number of hydrogen-bond donors (Lipinski definition) is 1. The Morgan fingerprint density at radius 3 is 2.79 bits per heavy atom. The minimum absolute atomic E-state index is 0.293. The molecule has 8 heteroatoms. The average molecular weight is 420 g/mol. The Kier molecular flexibility index (Phi) is 6.74. The van der Waals surface area contributed by atoms with Gasteiger partial charge in [0.15, 0.2) is 9.84 Å². The van der Waals surface area contributed by atoms with E-state index in [2.05, 4.69) is 22.1 Å². The minimum atomic E-state index is -3.65. The second-order valence-electron chi connectivity index (χ2n) is 7.60. The molecule has 1 aromatic heterocycles. The van der Waals surface area contributed by atoms with Crippen LogP contribution in [0.15, 0.2) is 28.7 Å². The Balaban J connectivity index is 1.61. The third kappa shape index (κ3) is 5.45. The molecule has 0 bridgehead atoms. The van der Waals surface area contributed by atoms with E-state index in [1.165, 1.54) is 0 Å². The molecule has 29 heavy (non-hydrogen) atoms. The van der Waals surface area contributed by atoms with Crippen molar-refractivity contribution in [3.8, 4) is 11.5 Å². The number of carbonyl (C=O) groups excluding carboxylic acids is 1. The highest BCUT2D eigenvalue weighted by molar-refractivity contribution is 7.91. The molecule has 7 nitrogen and oxygen atoms in total. The number of aromatic nitrogens is 1. The maximum atomic E-state index is 12.5. The first kappa shape index (κ1) is 21.5. The molecule has 0 unspecified atom stereocenters. The second kappa shape index (κ2) is 9.09. The van der Waals surface area contributed by atoms with Gasteiger partial charge in [0.05, 0.1) is 11.4 Å². The molecule has 1 fully saturated rings. The Hall–Kier alpha value is -2.19. The molecule has 0 radical (unpaired) electrons. The summed E-state index contributed by atoms with van der Waals surface area (Å²) in [4.78, 5) is 18.9. The van der Waals surface area contributed by atoms with E-state index in [0.29, 0.717) is 29.9 Å². The van der Waals surface area contributed by atoms with Crippen molar-refractivity contribution in [1.29, 1.82) is 0 Å². The summed E-state index contributed by atoms with van der Waals surface area (Å²) < 4.78 is 30.8. The molecule has 1 atom stereocenters. The van der Waals surface area contributed by atoms with Gasteiger partial charge in [0.25, 0.3) is 0 Å². The van der Waals surface area contributed by atoms with Gasteiger partial charge in [-0.1, -0.05) is 25.1 Å². The SMILES string of the molecule is CCN1CCC[C@@H]1CNC(=O)CS(=O)(=O)Cc1nc(-c2ccccc2C)oc1C. The van der Waals surface area contributed by atoms with Crippen molar-refractivity contribution in [1.82, 2.24) is 15.2 Å². The van der Waals surface area contributed by atoms with Crippen LogP contribution in [0.1, 0.15) is 36.8 Å². The lowest BCUT2D eigenvalue weighted by Gasteiger charge is -2.22. The Labute approximate surface area is 172 Å². The van der Waals surface area contributed by atoms with Gasteiger partial charge in [0.1, 0.15) is 11.5 Å². The van der Waals surface area contributed by atoms with Crippen molar-refractivity contribution in [3.05, 3.63) is 41.3 Å². The zero-order valence-electron chi connectivity index (χ0n) is 17.3. The number of likely N-dealkylation sites (N-methyl/N-ethyl adjacent to an activating group) is 1. The molecule has 2 aromatic rings. The average Bonchev–Trinajstić information content (AvgIpc) is 3.26. The predicted octanol–water partition coefficient (Wildman–Crippen LogP) is 2.47. The van der Waals surface area contributed by atoms with E-state index < -0.39 is 21.5 Å². The summed E-state index contributed by atoms with van der Waals surface area (Å²) in [6.07, 6.45) is 2.14. The van der Waals surface area contributed by atoms with Gasteiger partial charge in [-0.05, 0) is 51.4 Å². The normalized spacial score (nSPS) is 17.6. The lowest BCUT2D eigenvalue weighted by Crippen LogP contribution is -2.41. The number of rotatable bonds is 8. The molecule has 0 saturated carbocycles. The molecule has 3 rings (SSSR count). The lowest BCUT2D eigenvalue weighted by atomic mass is 10.1. The van der Waals surface area contributed by atoms with Crippen LogP contribution in [0.4, 0.5) is 0 Å². The van der Waals surface area contributed by atoms with Gasteiger partial charge in [-0.2, -0.15) is 0 Å². The maximum Gasteiger partial charge on any atom is 0.235 e. The van der Waals surface area contributed by atoms with Crippen molar-refractivity contribution in [2.24, 2.45) is 0 Å². The zero-order valence-corrected chi connectivity index (χ0v) is 18.1. The summed E-state index contributed by atoms with van der Waals surface area (Å²) in [5, 5.41) is 2.78. The van der Waals surface area contributed by atoms with E-state index in [1.54, 1.807) is 6.92 Å². The summed E-state index contributed by atoms with van der Waals surface area (Å²) in [6, 6.07) is 7.92. The summed E-state index contributed by atoms with van der Waals surface area (Å²) >= 11 is 0. The van der Waals surface area contributed by atoms with Crippen LogP contribution in [-0.4, -0.2) is 55.6 Å². The van der Waals surface area contributed by atoms with Crippen molar-refractivity contribution < 1.29 is 17.6 Å². The molecule has 0 spiro atoms. The molecule has 1 aliphatic rings. The highest BCUT2D eigenvalue weighted by atomic mass is 32.2. The highest BCUT2D eigenvalue weighted by Gasteiger charge is 2.25. The predicted molar refractivity (Wildman–Crippen MR) is 112 cm³/mol. The van der Waals surface area contributed by atoms with Crippen LogP contribution in [-0.2, 0) is 20.4 Å². The topological polar surface area (TPSA) is 92.5 Å². The Morgan fingerprint density at radius 2 is 2.07 bits per heavy atom. The summed E-state index contributed by atoms with van der Waals surface area (Å²) in [6.45, 7) is 8.19. The third-order valence-corrected chi connectivity index (χ3v) is 6.83. The van der Waals surface area contributed by atoms with Crippen LogP contribution < -0.4 is 5.32 Å². The van der Waals surface area contributed by atoms with Crippen molar-refractivity contribution in [2.45, 2.75) is 45.4 Å². The van der Waals surface area contributed by atoms with E-state index in [9.17, 15) is 13.2 Å². The Bertz CT molecular complexity index is 968. The number of likely N-dealkylation sites (tertiary alicyclic amines) is 1. The number of aryl methyl sites for hydroxylation is 2. The molecular weight excluding hydrogens is 390 g/mol. The first-order valence-corrected chi connectivity index (χ1v) is 11.8. The van der Waals surface area contributed by atoms with Gasteiger partial charge < -0.3 is 9.73 Å². The van der Waals surface area contributed by atoms with Crippen molar-refractivity contribution in [3.63, 3.8) is 0 Å². The molecule has 1 saturated heterocycles. The zero-order chi connectivity index (χ0) is 21.0. The molecule has 158 valence electrons. The number of amides is 1. The molecule has 0 aliphatic carbocycles. The van der Waals surface area contributed by atoms with Crippen molar-refractivity contribution in [2.75, 3.05) is 25.4 Å². The monoisotopic (exact) mass is 419 g/mol. The second-order valence-corrected chi connectivity index (χ2v) is 9.66. The number of carbonyl (C=O) groups is 1. The fraction of sp³-hybridized carbons (Fsp3) is 0.524. The number of benzene rings is 1. The van der Waals surface area contributed by atoms with Crippen LogP contribution in [0.2, 0.25) is 0 Å². The number of hydrogen-bond acceptors (Lipinski definition) is 6. The first-order chi connectivity index (χ1) is 13.8. The summed E-state index contributed by atoms with van der Waals surface area (Å²) in [5.74, 6) is -0.467. The molecular formula is C21H29N3O4S. The van der Waals surface area contributed by atoms with Gasteiger partial charge in [-0.3, -0.25) is 9.69 Å². The Morgan fingerprint density at radius 1 is 1.31 bits per heavy atom. The van der Waals surface area contributed by atoms with E-state index >= 15 is 0 Å². The van der Waals surface area contributed by atoms with Crippen LogP contribution in [0, 0.1) is 13.8 Å². The van der Waals surface area contributed by atoms with Gasteiger partial charge >= 0.3 is 0 Å². The molecule has 1 aliphatic heterocycles. The minimum Gasteiger partial charge on any atom is -0.441 e. The smallest absolute Gasteiger partial charge is 0.235 e. The van der Waals surface area contributed by atoms with Crippen LogP contribution in [0.25, 0.3) is 11.5 Å². The fourth-order valence-corrected chi connectivity index (χ4v) is 5.06. The summed E-state index contributed by atoms with van der Waals surface area (Å²) in [5.41, 5.74) is 2.17. The maximum absolute atomic E-state index is 12.5. The lowest BCUT2D eigenvalue weighted by molar-refractivity contribution is -0.118. The quantitative estimate of drug-likeness (QED) is 0.707. The first-order valence-electron chi connectivity index (χ1n) is 10.0. The van der Waals surface area contributed by atoms with Crippen LogP contribution >= 0.6 is 0 Å². The van der Waals surface area contributed by atoms with E-state index in [-0.39, 0.29) is 5.75 Å². The number of oxazole rings is 1. The fourth-order valence-electron chi connectivity index (χ4n) is 3.77. The van der Waals surface area contributed by atoms with Crippen LogP contribution in [0.3, 0.4) is 0 Å². The van der Waals surface area contributed by atoms with E-state index in [0.717, 1.165) is 37.1 Å². The van der Waals surface area contributed by atoms with Crippen LogP contribution in [0.5, 0.6) is 0 Å². The summed E-state index contributed by atoms with van der Waals surface area (Å²) in [7, 11) is -3.65. The molecule has 1 aromatic carbocycles. The molecule has 2 heterocycles. The third-order valence-electron chi connectivity index (χ3n) is 5.42. The van der Waals surface area contributed by atoms with E-state index in [4.69, 9.17) is 4.42 Å². The number of nitrogens with one attached hydrogen (secondary N) is 1. The molecule has 1 N–H and O–H groups in total. The van der Waals surface area contributed by atoms with Gasteiger partial charge in [0, 0.05) is 18.2 Å². The van der Waals surface area contributed by atoms with Gasteiger partial charge in [0.2, 0.25) is 11.8 Å². The van der Waals surface area contributed by atoms with Gasteiger partial charge in [-0.15, -0.1) is 0 Å². The number of sulfone groups is 1. The van der Waals surface area contributed by atoms with Gasteiger partial charge in [-0.25, -0.2) is 13.4 Å². The number of nitrogens with zero attached hydrogens (tertiary/aromatic N) is 2. The standard InChI is InChI=1S/C21H29N3O4S/c1-4-24-11-7-9-17(24)12-22-20(25)14-29(26,27)13-19-16(3)28-21(23-19)18-10-6-5-8-15(18)2/h5-6,8,10,17H,4,7,9,11-14H2,1-3H3,(H,22,25)/t17-/m1/s1. The molecule has 1 amide bonds. The van der Waals surface area contributed by atoms with E-state index in [1.807, 2.05) is 31.2 Å². The largest absolute Gasteiger partial charge is 0.441 e. The highest BCUT2D eigenvalue weighted by Crippen LogP contribution is 2.25. The van der Waals surface area contributed by atoms with Crippen molar-refractivity contribution >= 4 is 15.7 Å².